The molecular formula is C36H31F6O11P. The second kappa shape index (κ2) is 17.8. The van der Waals surface area contributed by atoms with Crippen molar-refractivity contribution in [2.75, 3.05) is 6.61 Å². The Kier molecular flexibility index (Phi) is 13.3. The molecule has 0 aromatic heterocycles. The van der Waals surface area contributed by atoms with Crippen molar-refractivity contribution in [1.29, 1.82) is 0 Å². The molecule has 0 saturated heterocycles. The molecular weight excluding hydrogens is 753 g/mol. The standard InChI is InChI=1S/C36H31F6O11P/c37-35(38,39)51-28-17-9-7-15-26(28)22-46-32-31(50-34(44)33(32)47-23-27-16-8-10-18-29(27)52-36(40,41)42)30(19-43)53-54(45,48-20-24-11-3-1-4-12-24)49-21-25-13-5-2-6-14-25/h1-18,30-31,43H,19-23H2. The number of para-hydroxylation sites is 2. The zero-order valence-electron chi connectivity index (χ0n) is 27.8. The number of hydrogen-bond donors (Lipinski definition) is 1. The number of rotatable bonds is 18. The highest BCUT2D eigenvalue weighted by atomic mass is 31.2. The van der Waals surface area contributed by atoms with Crippen molar-refractivity contribution in [3.63, 3.8) is 0 Å². The zero-order valence-corrected chi connectivity index (χ0v) is 28.7. The van der Waals surface area contributed by atoms with Gasteiger partial charge in [-0.05, 0) is 23.3 Å². The predicted octanol–water partition coefficient (Wildman–Crippen LogP) is 8.27. The minimum atomic E-state index is -5.08. The first kappa shape index (κ1) is 40.1. The van der Waals surface area contributed by atoms with Gasteiger partial charge >= 0.3 is 26.5 Å². The molecule has 0 radical (unpaired) electrons. The Morgan fingerprint density at radius 3 is 1.56 bits per heavy atom. The van der Waals surface area contributed by atoms with Crippen LogP contribution in [0.25, 0.3) is 0 Å². The van der Waals surface area contributed by atoms with Crippen molar-refractivity contribution in [1.82, 2.24) is 0 Å². The minimum absolute atomic E-state index is 0.173. The van der Waals surface area contributed by atoms with Gasteiger partial charge < -0.3 is 28.8 Å². The summed E-state index contributed by atoms with van der Waals surface area (Å²) in [6.07, 6.45) is -13.7. The van der Waals surface area contributed by atoms with E-state index in [0.29, 0.717) is 11.1 Å². The van der Waals surface area contributed by atoms with Crippen LogP contribution >= 0.6 is 7.82 Å². The number of benzene rings is 4. The molecule has 18 heteroatoms. The molecule has 1 aliphatic rings. The number of aliphatic hydroxyl groups excluding tert-OH is 1. The summed E-state index contributed by atoms with van der Waals surface area (Å²) in [6.45, 7) is -3.06. The van der Waals surface area contributed by atoms with Crippen LogP contribution in [0.15, 0.2) is 121 Å². The van der Waals surface area contributed by atoms with E-state index in [2.05, 4.69) is 9.47 Å². The van der Waals surface area contributed by atoms with Crippen molar-refractivity contribution in [2.45, 2.75) is 51.4 Å². The SMILES string of the molecule is O=C1OC(C(CO)OP(=O)(OCc2ccccc2)OCc2ccccc2)C(OCc2ccccc2OC(F)(F)F)=C1OCc1ccccc1OC(F)(F)F. The highest BCUT2D eigenvalue weighted by molar-refractivity contribution is 7.48. The first-order chi connectivity index (χ1) is 25.7. The maximum absolute atomic E-state index is 14.1. The Bertz CT molecular complexity index is 1880. The van der Waals surface area contributed by atoms with Gasteiger partial charge in [0.2, 0.25) is 5.76 Å². The molecule has 1 N–H and O–H groups in total. The second-order valence-corrected chi connectivity index (χ2v) is 12.8. The lowest BCUT2D eigenvalue weighted by Crippen LogP contribution is -2.35. The fourth-order valence-corrected chi connectivity index (χ4v) is 6.20. The normalized spacial score (nSPS) is 15.5. The van der Waals surface area contributed by atoms with Crippen LogP contribution in [-0.2, 0) is 63.6 Å². The van der Waals surface area contributed by atoms with Gasteiger partial charge in [-0.2, -0.15) is 0 Å². The molecule has 5 rings (SSSR count). The summed E-state index contributed by atoms with van der Waals surface area (Å²) in [5.41, 5.74) is 0.774. The van der Waals surface area contributed by atoms with Crippen LogP contribution in [0.3, 0.4) is 0 Å². The number of carbonyl (C=O) groups is 1. The van der Waals surface area contributed by atoms with Crippen LogP contribution in [0.1, 0.15) is 22.3 Å². The Hall–Kier alpha value is -5.06. The third-order valence-electron chi connectivity index (χ3n) is 7.30. The molecule has 0 fully saturated rings. The molecule has 288 valence electrons. The van der Waals surface area contributed by atoms with Gasteiger partial charge in [0.05, 0.1) is 19.8 Å². The maximum atomic E-state index is 14.1. The third kappa shape index (κ3) is 11.7. The van der Waals surface area contributed by atoms with Crippen LogP contribution in [0.4, 0.5) is 26.3 Å². The first-order valence-corrected chi connectivity index (χ1v) is 17.3. The van der Waals surface area contributed by atoms with E-state index in [-0.39, 0.29) is 24.3 Å². The Balaban J connectivity index is 1.46. The number of alkyl halides is 6. The fraction of sp³-hybridized carbons (Fsp3) is 0.250. The molecule has 1 aliphatic heterocycles. The number of ether oxygens (including phenoxy) is 5. The minimum Gasteiger partial charge on any atom is -0.485 e. The number of phosphoric acid groups is 1. The quantitative estimate of drug-likeness (QED) is 0.0595. The molecule has 0 spiro atoms. The predicted molar refractivity (Wildman–Crippen MR) is 175 cm³/mol. The molecule has 54 heavy (non-hydrogen) atoms. The van der Waals surface area contributed by atoms with Crippen LogP contribution in [0.5, 0.6) is 11.5 Å². The maximum Gasteiger partial charge on any atom is 0.573 e. The van der Waals surface area contributed by atoms with E-state index in [1.165, 1.54) is 36.4 Å². The lowest BCUT2D eigenvalue weighted by atomic mass is 10.1. The molecule has 2 unspecified atom stereocenters. The van der Waals surface area contributed by atoms with Crippen molar-refractivity contribution >= 4 is 13.8 Å². The van der Waals surface area contributed by atoms with Gasteiger partial charge in [-0.1, -0.05) is 97.1 Å². The van der Waals surface area contributed by atoms with Gasteiger partial charge in [0, 0.05) is 11.1 Å². The summed E-state index contributed by atoms with van der Waals surface area (Å²) >= 11 is 0. The molecule has 0 amide bonds. The third-order valence-corrected chi connectivity index (χ3v) is 8.72. The zero-order chi connectivity index (χ0) is 38.8. The smallest absolute Gasteiger partial charge is 0.485 e. The average Bonchev–Trinajstić information content (AvgIpc) is 3.45. The fourth-order valence-electron chi connectivity index (χ4n) is 4.88. The number of phosphoric ester groups is 1. The Labute approximate surface area is 304 Å². The monoisotopic (exact) mass is 784 g/mol. The lowest BCUT2D eigenvalue weighted by Gasteiger charge is -2.27. The Morgan fingerprint density at radius 2 is 1.09 bits per heavy atom. The van der Waals surface area contributed by atoms with Gasteiger partial charge in [0.15, 0.2) is 11.9 Å². The first-order valence-electron chi connectivity index (χ1n) is 15.9. The highest BCUT2D eigenvalue weighted by Gasteiger charge is 2.47. The van der Waals surface area contributed by atoms with Gasteiger partial charge in [0.25, 0.3) is 0 Å². The van der Waals surface area contributed by atoms with Crippen LogP contribution < -0.4 is 9.47 Å². The lowest BCUT2D eigenvalue weighted by molar-refractivity contribution is -0.276. The molecule has 1 heterocycles. The second-order valence-electron chi connectivity index (χ2n) is 11.2. The average molecular weight is 785 g/mol. The number of halogens is 6. The summed E-state index contributed by atoms with van der Waals surface area (Å²) in [6, 6.07) is 26.7. The highest BCUT2D eigenvalue weighted by Crippen LogP contribution is 2.53. The summed E-state index contributed by atoms with van der Waals surface area (Å²) in [5, 5.41) is 10.5. The number of hydrogen-bond acceptors (Lipinski definition) is 11. The molecule has 11 nitrogen and oxygen atoms in total. The number of carbonyl (C=O) groups excluding carboxylic acids is 1. The van der Waals surface area contributed by atoms with Gasteiger partial charge in [-0.3, -0.25) is 13.6 Å². The molecule has 4 aromatic carbocycles. The number of cyclic esters (lactones) is 1. The van der Waals surface area contributed by atoms with Gasteiger partial charge in [-0.25, -0.2) is 9.36 Å². The van der Waals surface area contributed by atoms with Crippen LogP contribution in [0.2, 0.25) is 0 Å². The van der Waals surface area contributed by atoms with Crippen molar-refractivity contribution in [3.05, 3.63) is 143 Å². The van der Waals surface area contributed by atoms with E-state index in [4.69, 9.17) is 27.8 Å². The van der Waals surface area contributed by atoms with Gasteiger partial charge in [0.1, 0.15) is 30.8 Å². The summed E-state index contributed by atoms with van der Waals surface area (Å²) in [5.74, 6) is -3.90. The van der Waals surface area contributed by atoms with Crippen molar-refractivity contribution in [3.8, 4) is 11.5 Å². The van der Waals surface area contributed by atoms with Crippen LogP contribution in [0, 0.1) is 0 Å². The number of esters is 1. The van der Waals surface area contributed by atoms with Crippen LogP contribution in [-0.4, -0.2) is 42.6 Å². The van der Waals surface area contributed by atoms with E-state index >= 15 is 0 Å². The number of aliphatic hydroxyl groups is 1. The Morgan fingerprint density at radius 1 is 0.648 bits per heavy atom. The van der Waals surface area contributed by atoms with Crippen molar-refractivity contribution < 1.29 is 78.1 Å². The van der Waals surface area contributed by atoms with Crippen molar-refractivity contribution in [2.24, 2.45) is 0 Å². The summed E-state index contributed by atoms with van der Waals surface area (Å²) in [7, 11) is -4.68. The molecule has 0 aliphatic carbocycles. The molecule has 0 bridgehead atoms. The molecule has 2 atom stereocenters. The van der Waals surface area contributed by atoms with E-state index in [1.807, 2.05) is 0 Å². The topological polar surface area (TPSA) is 128 Å². The summed E-state index contributed by atoms with van der Waals surface area (Å²) < 4.78 is 135. The van der Waals surface area contributed by atoms with E-state index in [9.17, 15) is 40.8 Å². The largest absolute Gasteiger partial charge is 0.573 e. The van der Waals surface area contributed by atoms with Gasteiger partial charge in [-0.15, -0.1) is 26.3 Å². The summed E-state index contributed by atoms with van der Waals surface area (Å²) in [4.78, 5) is 13.3. The van der Waals surface area contributed by atoms with E-state index in [1.54, 1.807) is 60.7 Å². The molecule has 4 aromatic rings. The van der Waals surface area contributed by atoms with E-state index in [0.717, 1.165) is 12.1 Å². The van der Waals surface area contributed by atoms with E-state index < -0.39 is 81.6 Å². The molecule has 0 saturated carbocycles.